The lowest BCUT2D eigenvalue weighted by atomic mass is 9.88. The van der Waals surface area contributed by atoms with E-state index in [4.69, 9.17) is 16.3 Å². The van der Waals surface area contributed by atoms with Gasteiger partial charge < -0.3 is 20.3 Å². The molecule has 0 aliphatic carbocycles. The van der Waals surface area contributed by atoms with Gasteiger partial charge in [0, 0.05) is 30.3 Å². The molecule has 2 N–H and O–H groups in total. The summed E-state index contributed by atoms with van der Waals surface area (Å²) in [4.78, 5) is 14.4. The van der Waals surface area contributed by atoms with E-state index in [0.717, 1.165) is 31.6 Å². The molecule has 1 aliphatic heterocycles. The summed E-state index contributed by atoms with van der Waals surface area (Å²) in [6, 6.07) is 7.27. The Labute approximate surface area is 143 Å². The highest BCUT2D eigenvalue weighted by Gasteiger charge is 2.35. The Balaban J connectivity index is 1.89. The second-order valence-electron chi connectivity index (χ2n) is 6.33. The molecule has 1 aromatic carbocycles. The molecule has 2 amide bonds. The van der Waals surface area contributed by atoms with Crippen molar-refractivity contribution in [3.63, 3.8) is 0 Å². The summed E-state index contributed by atoms with van der Waals surface area (Å²) in [7, 11) is 4.11. The van der Waals surface area contributed by atoms with Crippen LogP contribution in [0.15, 0.2) is 24.3 Å². The van der Waals surface area contributed by atoms with Crippen LogP contribution in [0.1, 0.15) is 31.4 Å². The molecule has 1 aliphatic rings. The first-order chi connectivity index (χ1) is 10.9. The lowest BCUT2D eigenvalue weighted by Gasteiger charge is -2.42. The molecule has 2 rings (SSSR count). The molecule has 1 aromatic rings. The van der Waals surface area contributed by atoms with E-state index in [-0.39, 0.29) is 17.6 Å². The molecule has 0 saturated carbocycles. The van der Waals surface area contributed by atoms with Crippen molar-refractivity contribution in [2.45, 2.75) is 31.3 Å². The van der Waals surface area contributed by atoms with Gasteiger partial charge in [-0.15, -0.1) is 0 Å². The molecule has 23 heavy (non-hydrogen) atoms. The van der Waals surface area contributed by atoms with Gasteiger partial charge >= 0.3 is 6.03 Å². The van der Waals surface area contributed by atoms with Gasteiger partial charge in [-0.05, 0) is 51.6 Å². The van der Waals surface area contributed by atoms with E-state index in [1.807, 2.05) is 31.2 Å². The van der Waals surface area contributed by atoms with Crippen molar-refractivity contribution in [3.8, 4) is 0 Å². The third-order valence-electron chi connectivity index (χ3n) is 4.65. The standard InChI is InChI=1S/C17H26ClN3O2/c1-13(14-5-4-6-15(18)11-14)20-16(22)19-12-17(21(2)3)7-9-23-10-8-17/h4-6,11,13H,7-10,12H2,1-3H3,(H2,19,20,22). The molecule has 1 atom stereocenters. The largest absolute Gasteiger partial charge is 0.381 e. The van der Waals surface area contributed by atoms with Gasteiger partial charge in [-0.1, -0.05) is 23.7 Å². The Morgan fingerprint density at radius 2 is 2.09 bits per heavy atom. The van der Waals surface area contributed by atoms with Gasteiger partial charge in [0.15, 0.2) is 0 Å². The molecule has 1 heterocycles. The number of ether oxygens (including phenoxy) is 1. The minimum Gasteiger partial charge on any atom is -0.381 e. The van der Waals surface area contributed by atoms with Crippen LogP contribution in [0.4, 0.5) is 4.79 Å². The summed E-state index contributed by atoms with van der Waals surface area (Å²) in [5, 5.41) is 6.64. The van der Waals surface area contributed by atoms with E-state index in [9.17, 15) is 4.79 Å². The first-order valence-electron chi connectivity index (χ1n) is 7.98. The summed E-state index contributed by atoms with van der Waals surface area (Å²) < 4.78 is 5.45. The smallest absolute Gasteiger partial charge is 0.315 e. The third kappa shape index (κ3) is 4.83. The molecule has 1 unspecified atom stereocenters. The normalized spacial score (nSPS) is 18.5. The van der Waals surface area contributed by atoms with Crippen LogP contribution < -0.4 is 10.6 Å². The van der Waals surface area contributed by atoms with Crippen molar-refractivity contribution in [1.29, 1.82) is 0 Å². The highest BCUT2D eigenvalue weighted by atomic mass is 35.5. The lowest BCUT2D eigenvalue weighted by Crippen LogP contribution is -2.56. The summed E-state index contributed by atoms with van der Waals surface area (Å²) in [6.07, 6.45) is 1.84. The number of likely N-dealkylation sites (N-methyl/N-ethyl adjacent to an activating group) is 1. The van der Waals surface area contributed by atoms with Gasteiger partial charge in [-0.3, -0.25) is 0 Å². The van der Waals surface area contributed by atoms with E-state index in [1.54, 1.807) is 0 Å². The fourth-order valence-corrected chi connectivity index (χ4v) is 3.08. The number of urea groups is 1. The fraction of sp³-hybridized carbons (Fsp3) is 0.588. The Bertz CT molecular complexity index is 530. The molecule has 1 fully saturated rings. The Hall–Kier alpha value is -1.30. The van der Waals surface area contributed by atoms with Crippen LogP contribution >= 0.6 is 11.6 Å². The number of carbonyl (C=O) groups is 1. The average molecular weight is 340 g/mol. The molecule has 128 valence electrons. The van der Waals surface area contributed by atoms with E-state index in [1.165, 1.54) is 0 Å². The maximum absolute atomic E-state index is 12.2. The number of hydrogen-bond acceptors (Lipinski definition) is 3. The lowest BCUT2D eigenvalue weighted by molar-refractivity contribution is -0.00574. The fourth-order valence-electron chi connectivity index (χ4n) is 2.89. The summed E-state index contributed by atoms with van der Waals surface area (Å²) in [5.74, 6) is 0. The van der Waals surface area contributed by atoms with Crippen molar-refractivity contribution >= 4 is 17.6 Å². The van der Waals surface area contributed by atoms with Crippen molar-refractivity contribution in [2.75, 3.05) is 33.9 Å². The van der Waals surface area contributed by atoms with Crippen LogP contribution in [-0.2, 0) is 4.74 Å². The van der Waals surface area contributed by atoms with Gasteiger partial charge in [0.1, 0.15) is 0 Å². The third-order valence-corrected chi connectivity index (χ3v) is 4.88. The highest BCUT2D eigenvalue weighted by molar-refractivity contribution is 6.30. The van der Waals surface area contributed by atoms with E-state index >= 15 is 0 Å². The van der Waals surface area contributed by atoms with Gasteiger partial charge in [0.05, 0.1) is 6.04 Å². The Morgan fingerprint density at radius 3 is 2.70 bits per heavy atom. The van der Waals surface area contributed by atoms with E-state index in [2.05, 4.69) is 29.6 Å². The van der Waals surface area contributed by atoms with Gasteiger partial charge in [-0.2, -0.15) is 0 Å². The molecule has 0 radical (unpaired) electrons. The Kier molecular flexibility index (Phi) is 6.27. The number of hydrogen-bond donors (Lipinski definition) is 2. The SMILES string of the molecule is CC(NC(=O)NCC1(N(C)C)CCOCC1)c1cccc(Cl)c1. The first-order valence-corrected chi connectivity index (χ1v) is 8.36. The minimum absolute atomic E-state index is 0.0329. The van der Waals surface area contributed by atoms with E-state index in [0.29, 0.717) is 11.6 Å². The maximum atomic E-state index is 12.2. The van der Waals surface area contributed by atoms with Crippen molar-refractivity contribution in [3.05, 3.63) is 34.9 Å². The molecule has 0 aromatic heterocycles. The zero-order valence-corrected chi connectivity index (χ0v) is 14.8. The zero-order chi connectivity index (χ0) is 16.9. The number of benzene rings is 1. The number of amides is 2. The van der Waals surface area contributed by atoms with Crippen LogP contribution in [0, 0.1) is 0 Å². The number of nitrogens with zero attached hydrogens (tertiary/aromatic N) is 1. The van der Waals surface area contributed by atoms with Crippen LogP contribution in [-0.4, -0.2) is 50.3 Å². The topological polar surface area (TPSA) is 53.6 Å². The monoisotopic (exact) mass is 339 g/mol. The minimum atomic E-state index is -0.162. The molecule has 6 heteroatoms. The van der Waals surface area contributed by atoms with Crippen LogP contribution in [0.25, 0.3) is 0 Å². The molecule has 1 saturated heterocycles. The summed E-state index contributed by atoms with van der Waals surface area (Å²) >= 11 is 6.00. The summed E-state index contributed by atoms with van der Waals surface area (Å²) in [5.41, 5.74) is 0.954. The number of carbonyl (C=O) groups excluding carboxylic acids is 1. The first kappa shape index (κ1) is 18.0. The predicted molar refractivity (Wildman–Crippen MR) is 92.9 cm³/mol. The average Bonchev–Trinajstić information content (AvgIpc) is 2.53. The molecule has 0 bridgehead atoms. The van der Waals surface area contributed by atoms with Gasteiger partial charge in [0.25, 0.3) is 0 Å². The molecular weight excluding hydrogens is 314 g/mol. The van der Waals surface area contributed by atoms with E-state index < -0.39 is 0 Å². The second kappa shape index (κ2) is 7.99. The summed E-state index contributed by atoms with van der Waals surface area (Å²) in [6.45, 7) is 4.03. The number of rotatable bonds is 5. The second-order valence-corrected chi connectivity index (χ2v) is 6.77. The van der Waals surface area contributed by atoms with Crippen LogP contribution in [0.5, 0.6) is 0 Å². The number of nitrogens with one attached hydrogen (secondary N) is 2. The van der Waals surface area contributed by atoms with Gasteiger partial charge in [-0.25, -0.2) is 4.79 Å². The number of halogens is 1. The maximum Gasteiger partial charge on any atom is 0.315 e. The molecule has 5 nitrogen and oxygen atoms in total. The van der Waals surface area contributed by atoms with Crippen LogP contribution in [0.2, 0.25) is 5.02 Å². The molecule has 0 spiro atoms. The zero-order valence-electron chi connectivity index (χ0n) is 14.1. The highest BCUT2D eigenvalue weighted by Crippen LogP contribution is 2.25. The quantitative estimate of drug-likeness (QED) is 0.867. The van der Waals surface area contributed by atoms with Crippen molar-refractivity contribution in [1.82, 2.24) is 15.5 Å². The van der Waals surface area contributed by atoms with Gasteiger partial charge in [0.2, 0.25) is 0 Å². The predicted octanol–water partition coefficient (Wildman–Crippen LogP) is 2.81. The van der Waals surface area contributed by atoms with Crippen molar-refractivity contribution < 1.29 is 9.53 Å². The molecular formula is C17H26ClN3O2. The van der Waals surface area contributed by atoms with Crippen molar-refractivity contribution in [2.24, 2.45) is 0 Å². The van der Waals surface area contributed by atoms with Crippen LogP contribution in [0.3, 0.4) is 0 Å². The Morgan fingerprint density at radius 1 is 1.39 bits per heavy atom.